The zero-order chi connectivity index (χ0) is 16.8. The van der Waals surface area contributed by atoms with Gasteiger partial charge in [0.15, 0.2) is 0 Å². The number of piperidine rings is 1. The third kappa shape index (κ3) is 5.11. The van der Waals surface area contributed by atoms with Crippen LogP contribution in [0.5, 0.6) is 0 Å². The highest BCUT2D eigenvalue weighted by atomic mass is 35.5. The standard InChI is InChI=1S/C16H19ClFNO3S/c1-22-16(21)11-4-6-19(7-5-11)15(20)10-23-9-12-2-3-13(17)8-14(12)18/h2-3,8,11H,4-7,9-10H2,1H3. The fraction of sp³-hybridized carbons (Fsp3) is 0.500. The molecular weight excluding hydrogens is 341 g/mol. The number of hydrogen-bond donors (Lipinski definition) is 0. The summed E-state index contributed by atoms with van der Waals surface area (Å²) in [6, 6.07) is 4.55. The summed E-state index contributed by atoms with van der Waals surface area (Å²) >= 11 is 7.08. The van der Waals surface area contributed by atoms with Gasteiger partial charge in [0.1, 0.15) is 5.82 Å². The second-order valence-electron chi connectivity index (χ2n) is 5.41. The van der Waals surface area contributed by atoms with Gasteiger partial charge in [-0.2, -0.15) is 0 Å². The number of likely N-dealkylation sites (tertiary alicyclic amines) is 1. The van der Waals surface area contributed by atoms with Crippen LogP contribution in [0, 0.1) is 11.7 Å². The van der Waals surface area contributed by atoms with Gasteiger partial charge >= 0.3 is 5.97 Å². The van der Waals surface area contributed by atoms with Gasteiger partial charge in [0.25, 0.3) is 0 Å². The van der Waals surface area contributed by atoms with Crippen LogP contribution in [0.25, 0.3) is 0 Å². The van der Waals surface area contributed by atoms with E-state index < -0.39 is 0 Å². The molecule has 0 bridgehead atoms. The number of carbonyl (C=O) groups is 2. The Morgan fingerprint density at radius 1 is 1.39 bits per heavy atom. The molecule has 1 heterocycles. The molecule has 1 aliphatic rings. The molecule has 1 aliphatic heterocycles. The van der Waals surface area contributed by atoms with Crippen molar-refractivity contribution in [3.63, 3.8) is 0 Å². The second kappa shape index (κ2) is 8.55. The topological polar surface area (TPSA) is 46.6 Å². The van der Waals surface area contributed by atoms with Crippen molar-refractivity contribution in [1.82, 2.24) is 4.90 Å². The summed E-state index contributed by atoms with van der Waals surface area (Å²) in [5.41, 5.74) is 0.539. The van der Waals surface area contributed by atoms with E-state index in [0.29, 0.717) is 48.0 Å². The molecular formula is C16H19ClFNO3S. The Morgan fingerprint density at radius 3 is 2.70 bits per heavy atom. The van der Waals surface area contributed by atoms with E-state index in [2.05, 4.69) is 0 Å². The van der Waals surface area contributed by atoms with Crippen molar-refractivity contribution in [1.29, 1.82) is 0 Å². The normalized spacial score (nSPS) is 15.5. The Bertz CT molecular complexity index is 576. The zero-order valence-electron chi connectivity index (χ0n) is 12.9. The van der Waals surface area contributed by atoms with Crippen LogP contribution in [0.1, 0.15) is 18.4 Å². The number of carbonyl (C=O) groups excluding carboxylic acids is 2. The maximum Gasteiger partial charge on any atom is 0.308 e. The number of halogens is 2. The van der Waals surface area contributed by atoms with Gasteiger partial charge in [-0.25, -0.2) is 4.39 Å². The molecule has 0 atom stereocenters. The van der Waals surface area contributed by atoms with Crippen molar-refractivity contribution in [3.05, 3.63) is 34.6 Å². The summed E-state index contributed by atoms with van der Waals surface area (Å²) in [6.07, 6.45) is 1.27. The van der Waals surface area contributed by atoms with Gasteiger partial charge in [0.2, 0.25) is 5.91 Å². The van der Waals surface area contributed by atoms with Crippen LogP contribution in [-0.2, 0) is 20.1 Å². The molecule has 126 valence electrons. The highest BCUT2D eigenvalue weighted by Gasteiger charge is 2.27. The number of rotatable bonds is 5. The molecule has 0 N–H and O–H groups in total. The van der Waals surface area contributed by atoms with Gasteiger partial charge < -0.3 is 9.64 Å². The Morgan fingerprint density at radius 2 is 2.09 bits per heavy atom. The van der Waals surface area contributed by atoms with Gasteiger partial charge in [-0.15, -0.1) is 11.8 Å². The highest BCUT2D eigenvalue weighted by Crippen LogP contribution is 2.22. The van der Waals surface area contributed by atoms with Crippen LogP contribution < -0.4 is 0 Å². The summed E-state index contributed by atoms with van der Waals surface area (Å²) in [5.74, 6) is 0.0757. The minimum Gasteiger partial charge on any atom is -0.469 e. The number of amides is 1. The third-order valence-electron chi connectivity index (χ3n) is 3.88. The van der Waals surface area contributed by atoms with E-state index in [9.17, 15) is 14.0 Å². The summed E-state index contributed by atoms with van der Waals surface area (Å²) < 4.78 is 18.4. The Labute approximate surface area is 144 Å². The number of methoxy groups -OCH3 is 1. The molecule has 1 aromatic rings. The maximum absolute atomic E-state index is 13.6. The number of nitrogens with zero attached hydrogens (tertiary/aromatic N) is 1. The van der Waals surface area contributed by atoms with E-state index >= 15 is 0 Å². The van der Waals surface area contributed by atoms with Gasteiger partial charge in [0, 0.05) is 23.9 Å². The van der Waals surface area contributed by atoms with Crippen molar-refractivity contribution in [2.45, 2.75) is 18.6 Å². The van der Waals surface area contributed by atoms with Gasteiger partial charge in [-0.05, 0) is 30.5 Å². The molecule has 0 radical (unpaired) electrons. The smallest absolute Gasteiger partial charge is 0.308 e. The zero-order valence-corrected chi connectivity index (χ0v) is 14.5. The summed E-state index contributed by atoms with van der Waals surface area (Å²) in [6.45, 7) is 1.13. The van der Waals surface area contributed by atoms with Crippen LogP contribution in [0.2, 0.25) is 5.02 Å². The summed E-state index contributed by atoms with van der Waals surface area (Å²) in [7, 11) is 1.38. The molecule has 0 spiro atoms. The second-order valence-corrected chi connectivity index (χ2v) is 6.83. The van der Waals surface area contributed by atoms with Crippen molar-refractivity contribution in [2.24, 2.45) is 5.92 Å². The van der Waals surface area contributed by atoms with Crippen molar-refractivity contribution >= 4 is 35.2 Å². The van der Waals surface area contributed by atoms with Crippen molar-refractivity contribution in [3.8, 4) is 0 Å². The average molecular weight is 360 g/mol. The predicted molar refractivity (Wildman–Crippen MR) is 88.9 cm³/mol. The SMILES string of the molecule is COC(=O)C1CCN(C(=O)CSCc2ccc(Cl)cc2F)CC1. The lowest BCUT2D eigenvalue weighted by Gasteiger charge is -2.30. The monoisotopic (exact) mass is 359 g/mol. The maximum atomic E-state index is 13.6. The van der Waals surface area contributed by atoms with Crippen LogP contribution in [0.15, 0.2) is 18.2 Å². The first kappa shape index (κ1) is 18.1. The summed E-state index contributed by atoms with van der Waals surface area (Å²) in [5, 5.41) is 0.362. The van der Waals surface area contributed by atoms with Crippen LogP contribution in [0.3, 0.4) is 0 Å². The first-order valence-corrected chi connectivity index (χ1v) is 8.91. The van der Waals surface area contributed by atoms with E-state index in [1.54, 1.807) is 17.0 Å². The third-order valence-corrected chi connectivity index (χ3v) is 5.08. The molecule has 0 unspecified atom stereocenters. The molecule has 4 nitrogen and oxygen atoms in total. The molecule has 23 heavy (non-hydrogen) atoms. The molecule has 1 fully saturated rings. The van der Waals surface area contributed by atoms with Crippen LogP contribution >= 0.6 is 23.4 Å². The minimum atomic E-state index is -0.351. The lowest BCUT2D eigenvalue weighted by molar-refractivity contribution is -0.148. The Balaban J connectivity index is 1.74. The van der Waals surface area contributed by atoms with E-state index in [1.165, 1.54) is 24.9 Å². The first-order valence-electron chi connectivity index (χ1n) is 7.38. The highest BCUT2D eigenvalue weighted by molar-refractivity contribution is 7.99. The van der Waals surface area contributed by atoms with Gasteiger partial charge in [-0.1, -0.05) is 17.7 Å². The number of hydrogen-bond acceptors (Lipinski definition) is 4. The quantitative estimate of drug-likeness (QED) is 0.758. The number of ether oxygens (including phenoxy) is 1. The van der Waals surface area contributed by atoms with Gasteiger partial charge in [0.05, 0.1) is 18.8 Å². The minimum absolute atomic E-state index is 0.0210. The van der Waals surface area contributed by atoms with E-state index in [1.807, 2.05) is 0 Å². The van der Waals surface area contributed by atoms with E-state index in [-0.39, 0.29) is 23.6 Å². The van der Waals surface area contributed by atoms with Gasteiger partial charge in [-0.3, -0.25) is 9.59 Å². The molecule has 1 amide bonds. The molecule has 1 saturated heterocycles. The Hall–Kier alpha value is -1.27. The largest absolute Gasteiger partial charge is 0.469 e. The first-order chi connectivity index (χ1) is 11.0. The molecule has 0 aromatic heterocycles. The fourth-order valence-electron chi connectivity index (χ4n) is 2.51. The molecule has 0 aliphatic carbocycles. The average Bonchev–Trinajstić information content (AvgIpc) is 2.56. The van der Waals surface area contributed by atoms with Crippen LogP contribution in [-0.4, -0.2) is 42.7 Å². The lowest BCUT2D eigenvalue weighted by Crippen LogP contribution is -2.41. The van der Waals surface area contributed by atoms with Crippen LogP contribution in [0.4, 0.5) is 4.39 Å². The Kier molecular flexibility index (Phi) is 6.72. The molecule has 0 saturated carbocycles. The van der Waals surface area contributed by atoms with E-state index in [4.69, 9.17) is 16.3 Å². The number of thioether (sulfide) groups is 1. The number of esters is 1. The lowest BCUT2D eigenvalue weighted by atomic mass is 9.97. The molecule has 7 heteroatoms. The fourth-order valence-corrected chi connectivity index (χ4v) is 3.58. The predicted octanol–water partition coefficient (Wildman–Crippen LogP) is 3.12. The number of benzene rings is 1. The van der Waals surface area contributed by atoms with E-state index in [0.717, 1.165) is 0 Å². The molecule has 2 rings (SSSR count). The summed E-state index contributed by atoms with van der Waals surface area (Å²) in [4.78, 5) is 25.4. The van der Waals surface area contributed by atoms with Crippen molar-refractivity contribution in [2.75, 3.05) is 26.0 Å². The molecule has 1 aromatic carbocycles. The van der Waals surface area contributed by atoms with Crippen molar-refractivity contribution < 1.29 is 18.7 Å².